The number of anilines is 7. The van der Waals surface area contributed by atoms with Gasteiger partial charge in [0.2, 0.25) is 27.9 Å². The molecule has 0 radical (unpaired) electrons. The molecular weight excluding hydrogens is 514 g/mol. The molecule has 1 heterocycles. The van der Waals surface area contributed by atoms with E-state index in [0.717, 1.165) is 6.26 Å². The van der Waals surface area contributed by atoms with Crippen LogP contribution in [0.1, 0.15) is 20.7 Å². The molecule has 38 heavy (non-hydrogen) atoms. The first-order valence-corrected chi connectivity index (χ1v) is 12.7. The molecule has 0 saturated carbocycles. The van der Waals surface area contributed by atoms with Crippen LogP contribution in [0, 0.1) is 0 Å². The molecule has 4 aromatic rings. The highest BCUT2D eigenvalue weighted by atomic mass is 32.2. The van der Waals surface area contributed by atoms with Crippen LogP contribution in [0.2, 0.25) is 0 Å². The Morgan fingerprint density at radius 3 is 1.16 bits per heavy atom. The SMILES string of the molecule is CS(=O)(=O)Nc1ccc(Nc2nc(Nc3ccc(C(=O)[O-])cc3)nc(Nc3ccc(C(=O)[O-])cc3)n2)cc1. The third-order valence-corrected chi connectivity index (χ3v) is 5.44. The molecule has 0 aliphatic rings. The van der Waals surface area contributed by atoms with Gasteiger partial charge >= 0.3 is 0 Å². The van der Waals surface area contributed by atoms with Gasteiger partial charge in [-0.2, -0.15) is 15.0 Å². The summed E-state index contributed by atoms with van der Waals surface area (Å²) in [5.74, 6) is -2.29. The number of carbonyl (C=O) groups excluding carboxylic acids is 2. The zero-order valence-electron chi connectivity index (χ0n) is 19.6. The maximum Gasteiger partial charge on any atom is 0.233 e. The second-order valence-electron chi connectivity index (χ2n) is 7.86. The van der Waals surface area contributed by atoms with Crippen LogP contribution in [0.4, 0.5) is 40.6 Å². The Morgan fingerprint density at radius 2 is 0.868 bits per heavy atom. The van der Waals surface area contributed by atoms with Crippen molar-refractivity contribution in [1.82, 2.24) is 15.0 Å². The first-order valence-electron chi connectivity index (χ1n) is 10.8. The summed E-state index contributed by atoms with van der Waals surface area (Å²) in [6.07, 6.45) is 1.05. The standard InChI is InChI=1S/C24H21N7O6S/c1-38(36,37)31-19-12-10-18(11-13-19)27-24-29-22(25-16-6-2-14(3-7-16)20(32)33)28-23(30-24)26-17-8-4-15(5-9-17)21(34)35/h2-13,31H,1H3,(H,32,33)(H,34,35)(H3,25,26,27,28,29,30)/p-2. The number of aromatic nitrogens is 3. The van der Waals surface area contributed by atoms with Crippen molar-refractivity contribution in [3.8, 4) is 0 Å². The van der Waals surface area contributed by atoms with Crippen LogP contribution < -0.4 is 30.9 Å². The second-order valence-corrected chi connectivity index (χ2v) is 9.61. The number of nitrogens with zero attached hydrogens (tertiary/aromatic N) is 3. The number of rotatable bonds is 10. The van der Waals surface area contributed by atoms with Crippen LogP contribution in [0.5, 0.6) is 0 Å². The van der Waals surface area contributed by atoms with Gasteiger partial charge in [0.05, 0.1) is 18.2 Å². The lowest BCUT2D eigenvalue weighted by Gasteiger charge is -2.13. The van der Waals surface area contributed by atoms with Gasteiger partial charge in [0, 0.05) is 22.7 Å². The molecule has 14 heteroatoms. The predicted molar refractivity (Wildman–Crippen MR) is 136 cm³/mol. The Morgan fingerprint density at radius 1 is 0.579 bits per heavy atom. The van der Waals surface area contributed by atoms with Gasteiger partial charge in [-0.1, -0.05) is 24.3 Å². The molecule has 13 nitrogen and oxygen atoms in total. The fraction of sp³-hybridized carbons (Fsp3) is 0.0417. The monoisotopic (exact) mass is 533 g/mol. The highest BCUT2D eigenvalue weighted by Gasteiger charge is 2.10. The van der Waals surface area contributed by atoms with Crippen LogP contribution in [0.15, 0.2) is 72.8 Å². The minimum atomic E-state index is -3.43. The summed E-state index contributed by atoms with van der Waals surface area (Å²) < 4.78 is 25.2. The van der Waals surface area contributed by atoms with Crippen molar-refractivity contribution in [3.05, 3.63) is 83.9 Å². The molecular formula is C24H19N7O6S-2. The summed E-state index contributed by atoms with van der Waals surface area (Å²) in [5, 5.41) is 30.9. The van der Waals surface area contributed by atoms with E-state index in [1.165, 1.54) is 48.5 Å². The topological polar surface area (TPSA) is 201 Å². The highest BCUT2D eigenvalue weighted by molar-refractivity contribution is 7.92. The van der Waals surface area contributed by atoms with E-state index in [9.17, 15) is 28.2 Å². The average Bonchev–Trinajstić information content (AvgIpc) is 2.85. The van der Waals surface area contributed by atoms with Crippen LogP contribution in [-0.4, -0.2) is 41.6 Å². The zero-order chi connectivity index (χ0) is 27.3. The Kier molecular flexibility index (Phi) is 7.34. The summed E-state index contributed by atoms with van der Waals surface area (Å²) in [5.41, 5.74) is 1.91. The van der Waals surface area contributed by atoms with Crippen molar-refractivity contribution in [2.45, 2.75) is 0 Å². The highest BCUT2D eigenvalue weighted by Crippen LogP contribution is 2.22. The van der Waals surface area contributed by atoms with Crippen molar-refractivity contribution >= 4 is 62.6 Å². The molecule has 0 amide bonds. The molecule has 0 spiro atoms. The van der Waals surface area contributed by atoms with Crippen molar-refractivity contribution < 1.29 is 28.2 Å². The van der Waals surface area contributed by atoms with E-state index in [0.29, 0.717) is 22.7 Å². The molecule has 0 saturated heterocycles. The lowest BCUT2D eigenvalue weighted by atomic mass is 10.2. The second kappa shape index (κ2) is 10.8. The minimum Gasteiger partial charge on any atom is -0.545 e. The van der Waals surface area contributed by atoms with Crippen LogP contribution in [-0.2, 0) is 10.0 Å². The lowest BCUT2D eigenvalue weighted by Crippen LogP contribution is -2.21. The molecule has 0 fully saturated rings. The summed E-state index contributed by atoms with van der Waals surface area (Å²) in [6, 6.07) is 17.9. The molecule has 3 aromatic carbocycles. The van der Waals surface area contributed by atoms with Crippen molar-refractivity contribution in [2.24, 2.45) is 0 Å². The lowest BCUT2D eigenvalue weighted by molar-refractivity contribution is -0.256. The Labute approximate surface area is 216 Å². The summed E-state index contributed by atoms with van der Waals surface area (Å²) in [7, 11) is -3.43. The van der Waals surface area contributed by atoms with Crippen molar-refractivity contribution in [2.75, 3.05) is 26.9 Å². The smallest absolute Gasteiger partial charge is 0.233 e. The fourth-order valence-corrected chi connectivity index (χ4v) is 3.71. The van der Waals surface area contributed by atoms with E-state index in [-0.39, 0.29) is 29.0 Å². The molecule has 1 aromatic heterocycles. The third-order valence-electron chi connectivity index (χ3n) is 4.83. The van der Waals surface area contributed by atoms with E-state index in [1.54, 1.807) is 24.3 Å². The largest absolute Gasteiger partial charge is 0.545 e. The number of hydrogen-bond donors (Lipinski definition) is 4. The number of carboxylic acids is 2. The molecule has 0 atom stereocenters. The van der Waals surface area contributed by atoms with Gasteiger partial charge in [0.1, 0.15) is 0 Å². The van der Waals surface area contributed by atoms with E-state index in [1.807, 2.05) is 0 Å². The maximum absolute atomic E-state index is 11.4. The molecule has 0 aliphatic heterocycles. The molecule has 0 bridgehead atoms. The van der Waals surface area contributed by atoms with E-state index < -0.39 is 22.0 Å². The van der Waals surface area contributed by atoms with Gasteiger partial charge < -0.3 is 35.8 Å². The van der Waals surface area contributed by atoms with E-state index in [4.69, 9.17) is 0 Å². The molecule has 0 unspecified atom stereocenters. The fourth-order valence-electron chi connectivity index (χ4n) is 3.15. The number of carboxylic acid groups (broad SMARTS) is 2. The van der Waals surface area contributed by atoms with E-state index in [2.05, 4.69) is 35.6 Å². The van der Waals surface area contributed by atoms with E-state index >= 15 is 0 Å². The Bertz CT molecular complexity index is 1500. The first kappa shape index (κ1) is 25.8. The van der Waals surface area contributed by atoms with Gasteiger partial charge in [0.15, 0.2) is 0 Å². The molecule has 4 rings (SSSR count). The van der Waals surface area contributed by atoms with Crippen molar-refractivity contribution in [3.63, 3.8) is 0 Å². The van der Waals surface area contributed by atoms with Crippen molar-refractivity contribution in [1.29, 1.82) is 0 Å². The van der Waals surface area contributed by atoms with Crippen LogP contribution >= 0.6 is 0 Å². The Balaban J connectivity index is 1.61. The Hall–Kier alpha value is -5.24. The van der Waals surface area contributed by atoms with Crippen LogP contribution in [0.25, 0.3) is 0 Å². The number of hydrogen-bond acceptors (Lipinski definition) is 12. The number of carbonyl (C=O) groups is 2. The van der Waals surface area contributed by atoms with Gasteiger partial charge in [-0.05, 0) is 59.7 Å². The van der Waals surface area contributed by atoms with Gasteiger partial charge in [-0.3, -0.25) is 4.72 Å². The number of aromatic carboxylic acids is 2. The zero-order valence-corrected chi connectivity index (χ0v) is 20.4. The number of nitrogens with one attached hydrogen (secondary N) is 4. The van der Waals surface area contributed by atoms with Crippen LogP contribution in [0.3, 0.4) is 0 Å². The first-order chi connectivity index (χ1) is 18.0. The average molecular weight is 534 g/mol. The summed E-state index contributed by atoms with van der Waals surface area (Å²) in [6.45, 7) is 0. The molecule has 194 valence electrons. The summed E-state index contributed by atoms with van der Waals surface area (Å²) in [4.78, 5) is 35.0. The van der Waals surface area contributed by atoms with Gasteiger partial charge in [-0.25, -0.2) is 8.42 Å². The maximum atomic E-state index is 11.4. The predicted octanol–water partition coefficient (Wildman–Crippen LogP) is 1.20. The number of benzene rings is 3. The molecule has 0 aliphatic carbocycles. The molecule has 4 N–H and O–H groups in total. The van der Waals surface area contributed by atoms with Gasteiger partial charge in [0.25, 0.3) is 0 Å². The number of sulfonamides is 1. The summed E-state index contributed by atoms with van der Waals surface area (Å²) >= 11 is 0. The normalized spacial score (nSPS) is 10.9. The third kappa shape index (κ3) is 7.14. The quantitative estimate of drug-likeness (QED) is 0.227. The van der Waals surface area contributed by atoms with Gasteiger partial charge in [-0.15, -0.1) is 0 Å². The minimum absolute atomic E-state index is 0.00438.